The van der Waals surface area contributed by atoms with Gasteiger partial charge in [0.15, 0.2) is 5.13 Å². The summed E-state index contributed by atoms with van der Waals surface area (Å²) in [6.07, 6.45) is 4.06. The van der Waals surface area contributed by atoms with Gasteiger partial charge in [-0.05, 0) is 25.7 Å². The summed E-state index contributed by atoms with van der Waals surface area (Å²) >= 11 is 1.72. The minimum absolute atomic E-state index is 0.0763. The van der Waals surface area contributed by atoms with Crippen molar-refractivity contribution in [2.75, 3.05) is 18.0 Å². The number of hydrogen-bond donors (Lipinski definition) is 2. The van der Waals surface area contributed by atoms with Gasteiger partial charge in [-0.2, -0.15) is 0 Å². The monoisotopic (exact) mass is 280 g/mol. The highest BCUT2D eigenvalue weighted by Crippen LogP contribution is 2.36. The van der Waals surface area contributed by atoms with E-state index in [1.54, 1.807) is 11.3 Å². The smallest absolute Gasteiger partial charge is 0.242 e. The summed E-state index contributed by atoms with van der Waals surface area (Å²) in [4.78, 5) is 20.1. The van der Waals surface area contributed by atoms with Gasteiger partial charge in [-0.25, -0.2) is 4.98 Å². The van der Waals surface area contributed by atoms with Crippen molar-refractivity contribution < 1.29 is 4.79 Å². The number of thiazole rings is 1. The topological polar surface area (TPSA) is 71.2 Å². The third kappa shape index (κ3) is 2.23. The molecule has 1 saturated heterocycles. The third-order valence-corrected chi connectivity index (χ3v) is 5.12. The number of nitrogens with one attached hydrogen (secondary N) is 1. The number of piperazine rings is 1. The van der Waals surface area contributed by atoms with Gasteiger partial charge in [0.2, 0.25) is 5.91 Å². The Kier molecular flexibility index (Phi) is 3.45. The summed E-state index contributed by atoms with van der Waals surface area (Å²) in [5.41, 5.74) is 7.19. The van der Waals surface area contributed by atoms with Crippen LogP contribution in [0.5, 0.6) is 0 Å². The molecule has 2 unspecified atom stereocenters. The largest absolute Gasteiger partial charge is 0.353 e. The lowest BCUT2D eigenvalue weighted by molar-refractivity contribution is -0.123. The van der Waals surface area contributed by atoms with Crippen molar-refractivity contribution in [3.8, 4) is 0 Å². The number of aryl methyl sites for hydroxylation is 1. The highest BCUT2D eigenvalue weighted by atomic mass is 32.1. The fourth-order valence-electron chi connectivity index (χ4n) is 2.91. The molecule has 2 heterocycles. The molecule has 5 nitrogen and oxygen atoms in total. The lowest BCUT2D eigenvalue weighted by atomic mass is 9.99. The fraction of sp³-hybridized carbons (Fsp3) is 0.692. The number of fused-ring (bicyclic) bond motifs is 1. The number of carbonyl (C=O) groups excluding carboxylic acids is 1. The van der Waals surface area contributed by atoms with E-state index in [0.717, 1.165) is 43.1 Å². The number of rotatable bonds is 2. The number of carbonyl (C=O) groups is 1. The lowest BCUT2D eigenvalue weighted by Crippen LogP contribution is -2.55. The Hall–Kier alpha value is -1.14. The number of anilines is 1. The molecule has 0 saturated carbocycles. The van der Waals surface area contributed by atoms with Crippen LogP contribution in [0.25, 0.3) is 0 Å². The molecule has 1 aliphatic heterocycles. The molecule has 1 aromatic rings. The minimum atomic E-state index is -0.0856. The molecule has 2 atom stereocenters. The normalized spacial score (nSPS) is 27.1. The zero-order chi connectivity index (χ0) is 13.4. The van der Waals surface area contributed by atoms with Crippen molar-refractivity contribution >= 4 is 22.4 Å². The Morgan fingerprint density at radius 2 is 2.42 bits per heavy atom. The molecule has 3 rings (SSSR count). The molecule has 6 heteroatoms. The summed E-state index contributed by atoms with van der Waals surface area (Å²) in [5, 5.41) is 3.90. The number of hydrogen-bond acceptors (Lipinski definition) is 5. The first kappa shape index (κ1) is 12.9. The zero-order valence-electron chi connectivity index (χ0n) is 11.2. The van der Waals surface area contributed by atoms with E-state index in [9.17, 15) is 4.79 Å². The van der Waals surface area contributed by atoms with Gasteiger partial charge >= 0.3 is 0 Å². The Morgan fingerprint density at radius 1 is 1.58 bits per heavy atom. The molecule has 1 aliphatic carbocycles. The van der Waals surface area contributed by atoms with E-state index < -0.39 is 0 Å². The number of amides is 1. The lowest BCUT2D eigenvalue weighted by Gasteiger charge is -2.34. The second-order valence-electron chi connectivity index (χ2n) is 5.21. The van der Waals surface area contributed by atoms with Crippen molar-refractivity contribution in [2.45, 2.75) is 44.7 Å². The number of aromatic nitrogens is 1. The van der Waals surface area contributed by atoms with Gasteiger partial charge in [0.1, 0.15) is 6.04 Å². The Bertz CT molecular complexity index is 487. The molecule has 104 valence electrons. The highest BCUT2D eigenvalue weighted by Gasteiger charge is 2.32. The maximum atomic E-state index is 11.9. The quantitative estimate of drug-likeness (QED) is 0.854. The Balaban J connectivity index is 1.91. The molecule has 0 bridgehead atoms. The minimum Gasteiger partial charge on any atom is -0.353 e. The summed E-state index contributed by atoms with van der Waals surface area (Å²) < 4.78 is 0. The molecular weight excluding hydrogens is 260 g/mol. The van der Waals surface area contributed by atoms with E-state index >= 15 is 0 Å². The van der Waals surface area contributed by atoms with Gasteiger partial charge in [-0.3, -0.25) is 4.79 Å². The van der Waals surface area contributed by atoms with Gasteiger partial charge in [0, 0.05) is 24.0 Å². The average molecular weight is 280 g/mol. The fourth-order valence-corrected chi connectivity index (χ4v) is 4.16. The van der Waals surface area contributed by atoms with Gasteiger partial charge in [-0.1, -0.05) is 6.92 Å². The van der Waals surface area contributed by atoms with Crippen molar-refractivity contribution in [1.29, 1.82) is 0 Å². The van der Waals surface area contributed by atoms with Gasteiger partial charge in [0.05, 0.1) is 5.69 Å². The second-order valence-corrected chi connectivity index (χ2v) is 6.27. The van der Waals surface area contributed by atoms with Crippen LogP contribution in [0.1, 0.15) is 42.8 Å². The van der Waals surface area contributed by atoms with E-state index in [2.05, 4.69) is 10.2 Å². The SMILES string of the molecule is CCC1C(=O)NCCN1c1nc2c(s1)CCCC2N. The van der Waals surface area contributed by atoms with Crippen LogP contribution in [0.15, 0.2) is 0 Å². The van der Waals surface area contributed by atoms with Crippen molar-refractivity contribution in [2.24, 2.45) is 5.73 Å². The van der Waals surface area contributed by atoms with Crippen LogP contribution in [0.2, 0.25) is 0 Å². The van der Waals surface area contributed by atoms with Crippen LogP contribution in [0.3, 0.4) is 0 Å². The van der Waals surface area contributed by atoms with Crippen LogP contribution in [-0.4, -0.2) is 30.0 Å². The maximum Gasteiger partial charge on any atom is 0.242 e. The predicted octanol–water partition coefficient (Wildman–Crippen LogP) is 1.19. The van der Waals surface area contributed by atoms with E-state index in [-0.39, 0.29) is 18.0 Å². The molecule has 1 amide bonds. The van der Waals surface area contributed by atoms with E-state index in [1.807, 2.05) is 6.92 Å². The van der Waals surface area contributed by atoms with Gasteiger partial charge in [0.25, 0.3) is 0 Å². The molecular formula is C13H20N4OS. The molecule has 2 aliphatic rings. The molecule has 0 aromatic carbocycles. The van der Waals surface area contributed by atoms with Crippen molar-refractivity contribution in [3.05, 3.63) is 10.6 Å². The molecule has 1 fully saturated rings. The van der Waals surface area contributed by atoms with Crippen LogP contribution in [0.4, 0.5) is 5.13 Å². The first-order valence-electron chi connectivity index (χ1n) is 7.00. The zero-order valence-corrected chi connectivity index (χ0v) is 12.0. The van der Waals surface area contributed by atoms with Gasteiger partial charge < -0.3 is 16.0 Å². The molecule has 0 radical (unpaired) electrons. The summed E-state index contributed by atoms with van der Waals surface area (Å²) in [6.45, 7) is 3.58. The molecule has 0 spiro atoms. The van der Waals surface area contributed by atoms with Crippen LogP contribution >= 0.6 is 11.3 Å². The summed E-state index contributed by atoms with van der Waals surface area (Å²) in [6, 6.07) is -0.00924. The number of nitrogens with zero attached hydrogens (tertiary/aromatic N) is 2. The van der Waals surface area contributed by atoms with E-state index in [1.165, 1.54) is 4.88 Å². The third-order valence-electron chi connectivity index (χ3n) is 3.95. The van der Waals surface area contributed by atoms with E-state index in [4.69, 9.17) is 10.7 Å². The maximum absolute atomic E-state index is 11.9. The molecule has 19 heavy (non-hydrogen) atoms. The highest BCUT2D eigenvalue weighted by molar-refractivity contribution is 7.15. The summed E-state index contributed by atoms with van der Waals surface area (Å²) in [7, 11) is 0. The predicted molar refractivity (Wildman–Crippen MR) is 76.4 cm³/mol. The first-order valence-corrected chi connectivity index (χ1v) is 7.82. The molecule has 1 aromatic heterocycles. The standard InChI is InChI=1S/C13H20N4OS/c1-2-9-12(18)15-6-7-17(9)13-16-11-8(14)4-3-5-10(11)19-13/h8-9H,2-7,14H2,1H3,(H,15,18). The van der Waals surface area contributed by atoms with E-state index in [0.29, 0.717) is 6.54 Å². The average Bonchev–Trinajstić information content (AvgIpc) is 2.84. The molecule has 3 N–H and O–H groups in total. The van der Waals surface area contributed by atoms with Gasteiger partial charge in [-0.15, -0.1) is 11.3 Å². The number of nitrogens with two attached hydrogens (primary N) is 1. The first-order chi connectivity index (χ1) is 9.20. The Morgan fingerprint density at radius 3 is 3.16 bits per heavy atom. The van der Waals surface area contributed by atoms with Crippen LogP contribution < -0.4 is 16.0 Å². The van der Waals surface area contributed by atoms with Crippen molar-refractivity contribution in [1.82, 2.24) is 10.3 Å². The summed E-state index contributed by atoms with van der Waals surface area (Å²) in [5.74, 6) is 0.117. The van der Waals surface area contributed by atoms with Crippen LogP contribution in [0, 0.1) is 0 Å². The van der Waals surface area contributed by atoms with Crippen LogP contribution in [-0.2, 0) is 11.2 Å². The van der Waals surface area contributed by atoms with Crippen molar-refractivity contribution in [3.63, 3.8) is 0 Å². The second kappa shape index (κ2) is 5.09. The Labute approximate surface area is 117 Å².